The smallest absolute Gasteiger partial charge is 0.0879 e. The van der Waals surface area contributed by atoms with E-state index < -0.39 is 17.8 Å². The summed E-state index contributed by atoms with van der Waals surface area (Å²) < 4.78 is 6.51. The van der Waals surface area contributed by atoms with Crippen molar-refractivity contribution in [3.05, 3.63) is 36.5 Å². The van der Waals surface area contributed by atoms with Gasteiger partial charge < -0.3 is 20.1 Å². The summed E-state index contributed by atoms with van der Waals surface area (Å²) in [5.74, 6) is 0.397. The summed E-state index contributed by atoms with van der Waals surface area (Å²) in [7, 11) is 0. The molecule has 1 aliphatic rings. The van der Waals surface area contributed by atoms with Gasteiger partial charge in [0.25, 0.3) is 0 Å². The van der Waals surface area contributed by atoms with E-state index in [0.29, 0.717) is 12.3 Å². The Labute approximate surface area is 159 Å². The third-order valence-corrected chi connectivity index (χ3v) is 5.69. The Morgan fingerprint density at radius 1 is 1.23 bits per heavy atom. The molecule has 0 aliphatic carbocycles. The zero-order valence-electron chi connectivity index (χ0n) is 17.2. The van der Waals surface area contributed by atoms with Gasteiger partial charge in [-0.1, -0.05) is 44.7 Å². The lowest BCUT2D eigenvalue weighted by molar-refractivity contribution is -0.0511. The molecule has 4 nitrogen and oxygen atoms in total. The molecular weight excluding hydrogens is 328 g/mol. The summed E-state index contributed by atoms with van der Waals surface area (Å²) in [6.07, 6.45) is 5.09. The second-order valence-electron chi connectivity index (χ2n) is 8.57. The number of ether oxygens (including phenoxy) is 1. The highest BCUT2D eigenvalue weighted by Gasteiger charge is 2.49. The average Bonchev–Trinajstić information content (AvgIpc) is 2.76. The van der Waals surface area contributed by atoms with Crippen LogP contribution < -0.4 is 0 Å². The largest absolute Gasteiger partial charge is 0.394 e. The molecule has 26 heavy (non-hydrogen) atoms. The van der Waals surface area contributed by atoms with Crippen LogP contribution in [-0.4, -0.2) is 45.3 Å². The highest BCUT2D eigenvalue weighted by atomic mass is 16.5. The number of hydrogen-bond acceptors (Lipinski definition) is 4. The number of aliphatic hydroxyl groups excluding tert-OH is 3. The first-order chi connectivity index (χ1) is 11.9. The van der Waals surface area contributed by atoms with E-state index in [1.807, 2.05) is 13.8 Å². The van der Waals surface area contributed by atoms with Gasteiger partial charge in [-0.05, 0) is 57.4 Å². The molecule has 1 fully saturated rings. The van der Waals surface area contributed by atoms with Crippen molar-refractivity contribution in [3.63, 3.8) is 0 Å². The Hall–Kier alpha value is -0.940. The number of hydrogen-bond donors (Lipinski definition) is 3. The molecule has 0 aromatic rings. The molecule has 0 aromatic carbocycles. The molecule has 150 valence electrons. The Bertz CT molecular complexity index is 526. The van der Waals surface area contributed by atoms with Crippen molar-refractivity contribution in [2.24, 2.45) is 11.8 Å². The maximum Gasteiger partial charge on any atom is 0.0879 e. The van der Waals surface area contributed by atoms with Crippen molar-refractivity contribution in [2.45, 2.75) is 83.7 Å². The topological polar surface area (TPSA) is 69.9 Å². The van der Waals surface area contributed by atoms with E-state index in [9.17, 15) is 10.2 Å². The minimum absolute atomic E-state index is 0.0508. The molecule has 6 atom stereocenters. The third kappa shape index (κ3) is 6.05. The van der Waals surface area contributed by atoms with Gasteiger partial charge in [0.2, 0.25) is 0 Å². The second-order valence-corrected chi connectivity index (χ2v) is 8.57. The molecule has 0 saturated carbocycles. The molecule has 0 amide bonds. The first-order valence-electron chi connectivity index (χ1n) is 9.62. The van der Waals surface area contributed by atoms with E-state index in [2.05, 4.69) is 46.1 Å². The fourth-order valence-electron chi connectivity index (χ4n) is 3.86. The van der Waals surface area contributed by atoms with Crippen LogP contribution in [0.3, 0.4) is 0 Å². The van der Waals surface area contributed by atoms with Gasteiger partial charge >= 0.3 is 0 Å². The van der Waals surface area contributed by atoms with Crippen LogP contribution in [0.2, 0.25) is 0 Å². The normalized spacial score (nSPS) is 32.5. The first kappa shape index (κ1) is 23.1. The number of aliphatic hydroxyl groups is 3. The van der Waals surface area contributed by atoms with Crippen LogP contribution in [0.1, 0.15) is 60.3 Å². The van der Waals surface area contributed by atoms with Crippen molar-refractivity contribution in [2.75, 3.05) is 6.61 Å². The van der Waals surface area contributed by atoms with Gasteiger partial charge in [0.15, 0.2) is 0 Å². The highest BCUT2D eigenvalue weighted by molar-refractivity contribution is 5.22. The summed E-state index contributed by atoms with van der Waals surface area (Å²) in [6.45, 7) is 18.3. The predicted octanol–water partition coefficient (Wildman–Crippen LogP) is 3.77. The molecule has 4 heteroatoms. The molecule has 3 N–H and O–H groups in total. The van der Waals surface area contributed by atoms with Gasteiger partial charge in [0, 0.05) is 6.42 Å². The van der Waals surface area contributed by atoms with Gasteiger partial charge in [-0.3, -0.25) is 0 Å². The molecule has 1 saturated heterocycles. The fourth-order valence-corrected chi connectivity index (χ4v) is 3.86. The van der Waals surface area contributed by atoms with Gasteiger partial charge in [-0.15, -0.1) is 0 Å². The van der Waals surface area contributed by atoms with Gasteiger partial charge in [-0.25, -0.2) is 0 Å². The summed E-state index contributed by atoms with van der Waals surface area (Å²) in [5, 5.41) is 28.6. The summed E-state index contributed by atoms with van der Waals surface area (Å²) >= 11 is 0. The van der Waals surface area contributed by atoms with E-state index in [-0.39, 0.29) is 24.5 Å². The molecule has 0 bridgehead atoms. The SMILES string of the molecule is C=C(C)CC=CC1(C)OC(C)(C(=C)C(C)CC(O)CC(O)CO)CC1C. The van der Waals surface area contributed by atoms with Crippen molar-refractivity contribution in [1.82, 2.24) is 0 Å². The van der Waals surface area contributed by atoms with E-state index >= 15 is 0 Å². The lowest BCUT2D eigenvalue weighted by Gasteiger charge is -2.34. The standard InChI is InChI=1S/C22H38O4/c1-15(2)9-8-10-21(6)17(4)13-22(7,26-21)18(5)16(3)11-19(24)12-20(25)14-23/h8,10,16-17,19-20,23-25H,1,5,9,11-14H2,2-4,6-7H3. The van der Waals surface area contributed by atoms with E-state index in [4.69, 9.17) is 9.84 Å². The lowest BCUT2D eigenvalue weighted by atomic mass is 9.79. The Balaban J connectivity index is 2.76. The van der Waals surface area contributed by atoms with Crippen molar-refractivity contribution >= 4 is 0 Å². The zero-order valence-corrected chi connectivity index (χ0v) is 17.2. The molecular formula is C22H38O4. The van der Waals surface area contributed by atoms with E-state index in [1.165, 1.54) is 0 Å². The van der Waals surface area contributed by atoms with Crippen LogP contribution in [-0.2, 0) is 4.74 Å². The van der Waals surface area contributed by atoms with E-state index in [0.717, 1.165) is 24.0 Å². The van der Waals surface area contributed by atoms with E-state index in [1.54, 1.807) is 0 Å². The quantitative estimate of drug-likeness (QED) is 0.515. The third-order valence-electron chi connectivity index (χ3n) is 5.69. The average molecular weight is 367 g/mol. The molecule has 1 heterocycles. The Kier molecular flexibility index (Phi) is 8.28. The van der Waals surface area contributed by atoms with Crippen molar-refractivity contribution in [3.8, 4) is 0 Å². The Morgan fingerprint density at radius 2 is 1.85 bits per heavy atom. The maximum atomic E-state index is 10.1. The molecule has 1 rings (SSSR count). The minimum Gasteiger partial charge on any atom is -0.394 e. The van der Waals surface area contributed by atoms with Crippen LogP contribution in [0.15, 0.2) is 36.5 Å². The van der Waals surface area contributed by atoms with Gasteiger partial charge in [-0.2, -0.15) is 0 Å². The van der Waals surface area contributed by atoms with Crippen LogP contribution >= 0.6 is 0 Å². The summed E-state index contributed by atoms with van der Waals surface area (Å²) in [4.78, 5) is 0. The zero-order chi connectivity index (χ0) is 20.1. The van der Waals surface area contributed by atoms with Crippen molar-refractivity contribution in [1.29, 1.82) is 0 Å². The first-order valence-corrected chi connectivity index (χ1v) is 9.62. The fraction of sp³-hybridized carbons (Fsp3) is 0.727. The highest BCUT2D eigenvalue weighted by Crippen LogP contribution is 2.48. The maximum absolute atomic E-state index is 10.1. The molecule has 0 aromatic heterocycles. The van der Waals surface area contributed by atoms with Crippen LogP contribution in [0.5, 0.6) is 0 Å². The molecule has 6 unspecified atom stereocenters. The predicted molar refractivity (Wildman–Crippen MR) is 107 cm³/mol. The van der Waals surface area contributed by atoms with Crippen LogP contribution in [0.4, 0.5) is 0 Å². The monoisotopic (exact) mass is 366 g/mol. The van der Waals surface area contributed by atoms with Crippen molar-refractivity contribution < 1.29 is 20.1 Å². The van der Waals surface area contributed by atoms with Crippen LogP contribution in [0, 0.1) is 11.8 Å². The number of allylic oxidation sites excluding steroid dienone is 2. The second kappa shape index (κ2) is 9.32. The lowest BCUT2D eigenvalue weighted by Crippen LogP contribution is -2.35. The Morgan fingerprint density at radius 3 is 2.38 bits per heavy atom. The van der Waals surface area contributed by atoms with Crippen LogP contribution in [0.25, 0.3) is 0 Å². The summed E-state index contributed by atoms with van der Waals surface area (Å²) in [5.41, 5.74) is 1.30. The summed E-state index contributed by atoms with van der Waals surface area (Å²) in [6, 6.07) is 0. The number of rotatable bonds is 10. The van der Waals surface area contributed by atoms with Gasteiger partial charge in [0.05, 0.1) is 30.0 Å². The molecule has 0 radical (unpaired) electrons. The molecule has 0 spiro atoms. The molecule has 1 aliphatic heterocycles. The minimum atomic E-state index is -0.884. The van der Waals surface area contributed by atoms with Gasteiger partial charge in [0.1, 0.15) is 0 Å².